The van der Waals surface area contributed by atoms with Gasteiger partial charge in [-0.25, -0.2) is 4.98 Å². The maximum atomic E-state index is 5.57. The molecule has 19 heavy (non-hydrogen) atoms. The van der Waals surface area contributed by atoms with E-state index in [0.717, 1.165) is 18.5 Å². The molecule has 3 heterocycles. The third-order valence-electron chi connectivity index (χ3n) is 2.51. The number of nitrogens with two attached hydrogens (primary N) is 1. The van der Waals surface area contributed by atoms with Crippen molar-refractivity contribution in [2.45, 2.75) is 19.3 Å². The molecular formula is C10H11N7OS. The monoisotopic (exact) mass is 277 g/mol. The molecule has 0 aliphatic carbocycles. The first-order chi connectivity index (χ1) is 9.31. The van der Waals surface area contributed by atoms with Crippen LogP contribution in [0.2, 0.25) is 0 Å². The number of aromatic amines is 1. The molecule has 0 aromatic carbocycles. The maximum absolute atomic E-state index is 5.57. The first kappa shape index (κ1) is 11.8. The van der Waals surface area contributed by atoms with Gasteiger partial charge in [0.05, 0.1) is 11.9 Å². The van der Waals surface area contributed by atoms with Crippen molar-refractivity contribution in [2.24, 2.45) is 0 Å². The largest absolute Gasteiger partial charge is 0.375 e. The lowest BCUT2D eigenvalue weighted by Crippen LogP contribution is -1.92. The molecule has 3 aromatic rings. The standard InChI is InChI=1S/C10H11N7OS/c11-10-13-6(5-19-10)2-1-3-8-14-9(16-18-8)7-4-12-17-15-7/h4-5H,1-3H2,(H2,11,13)(H,12,15,17). The maximum Gasteiger partial charge on any atom is 0.227 e. The molecule has 3 rings (SSSR count). The molecule has 0 amide bonds. The Balaban J connectivity index is 1.56. The molecule has 0 saturated carbocycles. The van der Waals surface area contributed by atoms with E-state index in [1.165, 1.54) is 11.3 Å². The Morgan fingerprint density at radius 2 is 2.26 bits per heavy atom. The number of aromatic nitrogens is 6. The fraction of sp³-hybridized carbons (Fsp3) is 0.300. The molecule has 3 aromatic heterocycles. The molecule has 8 nitrogen and oxygen atoms in total. The van der Waals surface area contributed by atoms with Gasteiger partial charge >= 0.3 is 0 Å². The minimum Gasteiger partial charge on any atom is -0.375 e. The fourth-order valence-electron chi connectivity index (χ4n) is 1.63. The first-order valence-electron chi connectivity index (χ1n) is 5.70. The van der Waals surface area contributed by atoms with Gasteiger partial charge in [0.2, 0.25) is 11.7 Å². The van der Waals surface area contributed by atoms with E-state index in [4.69, 9.17) is 10.3 Å². The smallest absolute Gasteiger partial charge is 0.227 e. The van der Waals surface area contributed by atoms with Gasteiger partial charge in [-0.05, 0) is 12.8 Å². The summed E-state index contributed by atoms with van der Waals surface area (Å²) in [7, 11) is 0. The Morgan fingerprint density at radius 1 is 1.32 bits per heavy atom. The Labute approximate surface area is 112 Å². The molecule has 0 saturated heterocycles. The van der Waals surface area contributed by atoms with Crippen molar-refractivity contribution in [1.82, 2.24) is 30.5 Å². The van der Waals surface area contributed by atoms with Crippen molar-refractivity contribution in [1.29, 1.82) is 0 Å². The highest BCUT2D eigenvalue weighted by atomic mass is 32.1. The molecule has 9 heteroatoms. The zero-order chi connectivity index (χ0) is 13.1. The molecule has 0 unspecified atom stereocenters. The van der Waals surface area contributed by atoms with Crippen LogP contribution in [0.3, 0.4) is 0 Å². The van der Waals surface area contributed by atoms with Gasteiger partial charge in [-0.3, -0.25) is 0 Å². The summed E-state index contributed by atoms with van der Waals surface area (Å²) in [6, 6.07) is 0. The van der Waals surface area contributed by atoms with Gasteiger partial charge in [0.1, 0.15) is 0 Å². The number of hydrogen-bond acceptors (Lipinski definition) is 8. The quantitative estimate of drug-likeness (QED) is 0.715. The van der Waals surface area contributed by atoms with Crippen LogP contribution in [0.4, 0.5) is 5.13 Å². The summed E-state index contributed by atoms with van der Waals surface area (Å²) in [5.41, 5.74) is 7.14. The van der Waals surface area contributed by atoms with Crippen LogP contribution in [-0.2, 0) is 12.8 Å². The SMILES string of the molecule is Nc1nc(CCCc2nc(-c3cn[nH]n3)no2)cs1. The highest BCUT2D eigenvalue weighted by molar-refractivity contribution is 7.13. The summed E-state index contributed by atoms with van der Waals surface area (Å²) in [5, 5.41) is 16.5. The Bertz CT molecular complexity index is 644. The summed E-state index contributed by atoms with van der Waals surface area (Å²) >= 11 is 1.45. The number of anilines is 1. The fourth-order valence-corrected chi connectivity index (χ4v) is 2.23. The molecule has 0 spiro atoms. The van der Waals surface area contributed by atoms with E-state index in [1.54, 1.807) is 6.20 Å². The highest BCUT2D eigenvalue weighted by Gasteiger charge is 2.10. The number of rotatable bonds is 5. The second-order valence-electron chi connectivity index (χ2n) is 3.90. The summed E-state index contributed by atoms with van der Waals surface area (Å²) in [6.45, 7) is 0. The average Bonchev–Trinajstić information content (AvgIpc) is 3.09. The van der Waals surface area contributed by atoms with E-state index in [9.17, 15) is 0 Å². The van der Waals surface area contributed by atoms with Crippen LogP contribution < -0.4 is 5.73 Å². The Kier molecular flexibility index (Phi) is 3.19. The van der Waals surface area contributed by atoms with Gasteiger partial charge in [-0.15, -0.1) is 11.3 Å². The van der Waals surface area contributed by atoms with Crippen LogP contribution >= 0.6 is 11.3 Å². The van der Waals surface area contributed by atoms with Crippen LogP contribution in [0, 0.1) is 0 Å². The van der Waals surface area contributed by atoms with Crippen molar-refractivity contribution in [3.63, 3.8) is 0 Å². The minimum absolute atomic E-state index is 0.446. The molecule has 3 N–H and O–H groups in total. The van der Waals surface area contributed by atoms with Crippen LogP contribution in [0.5, 0.6) is 0 Å². The number of thiazole rings is 1. The predicted octanol–water partition coefficient (Wildman–Crippen LogP) is 1.07. The third-order valence-corrected chi connectivity index (χ3v) is 3.23. The van der Waals surface area contributed by atoms with E-state index in [0.29, 0.717) is 29.0 Å². The van der Waals surface area contributed by atoms with Gasteiger partial charge in [0, 0.05) is 11.8 Å². The molecule has 0 bridgehead atoms. The number of aryl methyl sites for hydroxylation is 2. The van der Waals surface area contributed by atoms with E-state index in [2.05, 4.69) is 30.5 Å². The van der Waals surface area contributed by atoms with Gasteiger partial charge in [-0.2, -0.15) is 20.4 Å². The Morgan fingerprint density at radius 3 is 3.00 bits per heavy atom. The molecule has 0 atom stereocenters. The number of nitrogens with zero attached hydrogens (tertiary/aromatic N) is 5. The normalized spacial score (nSPS) is 10.9. The van der Waals surface area contributed by atoms with Gasteiger partial charge in [-0.1, -0.05) is 5.16 Å². The molecule has 98 valence electrons. The van der Waals surface area contributed by atoms with E-state index in [1.807, 2.05) is 5.38 Å². The summed E-state index contributed by atoms with van der Waals surface area (Å²) in [5.74, 6) is 1.03. The summed E-state index contributed by atoms with van der Waals surface area (Å²) in [4.78, 5) is 8.44. The number of H-pyrrole nitrogens is 1. The third kappa shape index (κ3) is 2.76. The first-order valence-corrected chi connectivity index (χ1v) is 6.58. The topological polar surface area (TPSA) is 119 Å². The lowest BCUT2D eigenvalue weighted by atomic mass is 10.2. The molecule has 0 aliphatic rings. The second kappa shape index (κ2) is 5.14. The zero-order valence-corrected chi connectivity index (χ0v) is 10.7. The lowest BCUT2D eigenvalue weighted by Gasteiger charge is -1.93. The van der Waals surface area contributed by atoms with Crippen molar-refractivity contribution in [3.05, 3.63) is 23.2 Å². The molecule has 0 aliphatic heterocycles. The van der Waals surface area contributed by atoms with Crippen molar-refractivity contribution in [3.8, 4) is 11.5 Å². The van der Waals surface area contributed by atoms with Crippen molar-refractivity contribution >= 4 is 16.5 Å². The van der Waals surface area contributed by atoms with E-state index >= 15 is 0 Å². The molecule has 0 fully saturated rings. The van der Waals surface area contributed by atoms with Crippen molar-refractivity contribution in [2.75, 3.05) is 5.73 Å². The van der Waals surface area contributed by atoms with Crippen LogP contribution in [0.15, 0.2) is 16.1 Å². The zero-order valence-electron chi connectivity index (χ0n) is 9.91. The van der Waals surface area contributed by atoms with Gasteiger partial charge in [0.25, 0.3) is 0 Å². The molecular weight excluding hydrogens is 266 g/mol. The van der Waals surface area contributed by atoms with Crippen molar-refractivity contribution < 1.29 is 4.52 Å². The summed E-state index contributed by atoms with van der Waals surface area (Å²) in [6.07, 6.45) is 3.97. The molecule has 0 radical (unpaired) electrons. The minimum atomic E-state index is 0.446. The lowest BCUT2D eigenvalue weighted by molar-refractivity contribution is 0.376. The number of hydrogen-bond donors (Lipinski definition) is 2. The number of nitrogens with one attached hydrogen (secondary N) is 1. The van der Waals surface area contributed by atoms with Gasteiger partial charge in [0.15, 0.2) is 10.8 Å². The van der Waals surface area contributed by atoms with E-state index < -0.39 is 0 Å². The second-order valence-corrected chi connectivity index (χ2v) is 4.79. The van der Waals surface area contributed by atoms with Crippen LogP contribution in [0.1, 0.15) is 18.0 Å². The predicted molar refractivity (Wildman–Crippen MR) is 68.2 cm³/mol. The number of nitrogen functional groups attached to an aromatic ring is 1. The van der Waals surface area contributed by atoms with Crippen LogP contribution in [-0.4, -0.2) is 30.5 Å². The summed E-state index contributed by atoms with van der Waals surface area (Å²) < 4.78 is 5.15. The average molecular weight is 277 g/mol. The van der Waals surface area contributed by atoms with E-state index in [-0.39, 0.29) is 0 Å². The van der Waals surface area contributed by atoms with Gasteiger partial charge < -0.3 is 10.3 Å². The highest BCUT2D eigenvalue weighted by Crippen LogP contribution is 2.15. The van der Waals surface area contributed by atoms with Crippen LogP contribution in [0.25, 0.3) is 11.5 Å². The Hall–Kier alpha value is -2.29.